The molecule has 33 heavy (non-hydrogen) atoms. The van der Waals surface area contributed by atoms with Crippen molar-refractivity contribution in [2.24, 2.45) is 12.8 Å². The van der Waals surface area contributed by atoms with Crippen molar-refractivity contribution in [3.8, 4) is 5.75 Å². The molecule has 1 aliphatic rings. The van der Waals surface area contributed by atoms with E-state index in [1.54, 1.807) is 35.9 Å². The number of primary amides is 1. The minimum absolute atomic E-state index is 0.123. The number of nitrogens with two attached hydrogens (primary N) is 1. The highest BCUT2D eigenvalue weighted by atomic mass is 35.5. The minimum atomic E-state index is -0.574. The van der Waals surface area contributed by atoms with Crippen molar-refractivity contribution in [2.45, 2.75) is 23.2 Å². The van der Waals surface area contributed by atoms with E-state index in [1.807, 2.05) is 24.3 Å². The van der Waals surface area contributed by atoms with Crippen LogP contribution in [0.2, 0.25) is 5.02 Å². The van der Waals surface area contributed by atoms with Gasteiger partial charge in [0, 0.05) is 30.2 Å². The molecule has 0 saturated carbocycles. The zero-order chi connectivity index (χ0) is 23.5. The minimum Gasteiger partial charge on any atom is -0.484 e. The Balaban J connectivity index is 1.64. The number of nitrogens with zero attached hydrogens (tertiary/aromatic N) is 2. The average Bonchev–Trinajstić information content (AvgIpc) is 2.79. The highest BCUT2D eigenvalue weighted by Crippen LogP contribution is 2.36. The van der Waals surface area contributed by atoms with Crippen LogP contribution in [0.25, 0.3) is 0 Å². The van der Waals surface area contributed by atoms with Gasteiger partial charge < -0.3 is 20.4 Å². The predicted octanol–water partition coefficient (Wildman–Crippen LogP) is 3.06. The van der Waals surface area contributed by atoms with E-state index < -0.39 is 11.8 Å². The molecule has 0 bridgehead atoms. The summed E-state index contributed by atoms with van der Waals surface area (Å²) in [5.41, 5.74) is 6.85. The van der Waals surface area contributed by atoms with Crippen LogP contribution in [-0.2, 0) is 22.4 Å². The number of rotatable bonds is 7. The van der Waals surface area contributed by atoms with E-state index in [2.05, 4.69) is 10.3 Å². The van der Waals surface area contributed by atoms with Gasteiger partial charge >= 0.3 is 0 Å². The van der Waals surface area contributed by atoms with Crippen LogP contribution in [0, 0.1) is 0 Å². The summed E-state index contributed by atoms with van der Waals surface area (Å²) in [4.78, 5) is 40.8. The quantitative estimate of drug-likeness (QED) is 0.393. The first kappa shape index (κ1) is 22.9. The summed E-state index contributed by atoms with van der Waals surface area (Å²) in [6.07, 6.45) is 0.123. The number of amides is 2. The lowest BCUT2D eigenvalue weighted by Crippen LogP contribution is -2.33. The summed E-state index contributed by atoms with van der Waals surface area (Å²) in [5.74, 6) is 0.220. The van der Waals surface area contributed by atoms with Gasteiger partial charge in [0.1, 0.15) is 11.6 Å². The van der Waals surface area contributed by atoms with Crippen molar-refractivity contribution >= 4 is 41.0 Å². The molecule has 0 radical (unpaired) electrons. The van der Waals surface area contributed by atoms with Crippen molar-refractivity contribution < 1.29 is 14.3 Å². The fourth-order valence-electron chi connectivity index (χ4n) is 3.66. The van der Waals surface area contributed by atoms with Crippen molar-refractivity contribution in [3.63, 3.8) is 0 Å². The molecule has 10 heteroatoms. The van der Waals surface area contributed by atoms with Crippen molar-refractivity contribution in [1.82, 2.24) is 9.55 Å². The molecule has 3 aromatic rings. The zero-order valence-electron chi connectivity index (χ0n) is 17.7. The van der Waals surface area contributed by atoms with E-state index in [-0.39, 0.29) is 24.5 Å². The number of fused-ring (bicyclic) bond motifs is 1. The molecule has 0 saturated heterocycles. The van der Waals surface area contributed by atoms with Crippen LogP contribution in [0.1, 0.15) is 29.0 Å². The van der Waals surface area contributed by atoms with Gasteiger partial charge in [0.2, 0.25) is 5.91 Å². The number of halogens is 1. The van der Waals surface area contributed by atoms with Gasteiger partial charge in [-0.25, -0.2) is 0 Å². The molecule has 0 fully saturated rings. The van der Waals surface area contributed by atoms with Crippen LogP contribution in [0.5, 0.6) is 5.75 Å². The lowest BCUT2D eigenvalue weighted by atomic mass is 9.87. The molecule has 1 unspecified atom stereocenters. The Morgan fingerprint density at radius 1 is 1.24 bits per heavy atom. The molecule has 170 valence electrons. The van der Waals surface area contributed by atoms with E-state index in [0.29, 0.717) is 33.1 Å². The number of hydrogen-bond acceptors (Lipinski definition) is 6. The summed E-state index contributed by atoms with van der Waals surface area (Å²) in [6, 6.07) is 14.4. The van der Waals surface area contributed by atoms with Gasteiger partial charge in [-0.05, 0) is 29.3 Å². The van der Waals surface area contributed by atoms with Crippen LogP contribution >= 0.6 is 23.4 Å². The largest absolute Gasteiger partial charge is 0.484 e. The second kappa shape index (κ2) is 9.68. The van der Waals surface area contributed by atoms with Gasteiger partial charge in [0.15, 0.2) is 11.8 Å². The molecule has 4 rings (SSSR count). The van der Waals surface area contributed by atoms with E-state index in [0.717, 1.165) is 11.1 Å². The van der Waals surface area contributed by atoms with Gasteiger partial charge in [0.05, 0.1) is 5.56 Å². The Kier molecular flexibility index (Phi) is 6.71. The number of hydrogen-bond donors (Lipinski definition) is 2. The Morgan fingerprint density at radius 3 is 2.67 bits per heavy atom. The molecular formula is C23H21ClN4O4S. The molecule has 2 amide bonds. The molecule has 1 aromatic heterocycles. The van der Waals surface area contributed by atoms with Crippen LogP contribution < -0.4 is 21.3 Å². The fourth-order valence-corrected chi connectivity index (χ4v) is 4.91. The van der Waals surface area contributed by atoms with E-state index in [1.165, 1.54) is 11.8 Å². The van der Waals surface area contributed by atoms with Crippen LogP contribution in [-0.4, -0.2) is 28.0 Å². The van der Waals surface area contributed by atoms with Gasteiger partial charge in [-0.3, -0.25) is 14.4 Å². The molecule has 2 aromatic carbocycles. The lowest BCUT2D eigenvalue weighted by Gasteiger charge is -2.27. The molecule has 8 nitrogen and oxygen atoms in total. The maximum atomic E-state index is 13.1. The monoisotopic (exact) mass is 484 g/mol. The first-order valence-electron chi connectivity index (χ1n) is 10.1. The zero-order valence-corrected chi connectivity index (χ0v) is 19.3. The second-order valence-electron chi connectivity index (χ2n) is 7.53. The Bertz CT molecular complexity index is 1280. The first-order valence-corrected chi connectivity index (χ1v) is 11.5. The van der Waals surface area contributed by atoms with Gasteiger partial charge in [-0.2, -0.15) is 4.98 Å². The van der Waals surface area contributed by atoms with Crippen molar-refractivity contribution in [3.05, 3.63) is 80.6 Å². The average molecular weight is 485 g/mol. The molecule has 1 aliphatic heterocycles. The highest BCUT2D eigenvalue weighted by Gasteiger charge is 2.32. The number of thioether (sulfide) groups is 1. The summed E-state index contributed by atoms with van der Waals surface area (Å²) in [7, 11) is 1.77. The molecular weight excluding hydrogens is 464 g/mol. The topological polar surface area (TPSA) is 116 Å². The van der Waals surface area contributed by atoms with Crippen molar-refractivity contribution in [2.75, 3.05) is 11.9 Å². The standard InChI is InChI=1S/C23H21ClN4O4S/c1-28-21-20(22(31)27-23(28)33-12-14-4-2-3-5-17(14)24)16(10-19(30)26-21)13-6-8-15(9-7-13)32-11-18(25)29/h2-9,16H,10-12H2,1H3,(H2,25,29)(H,26,30). The molecule has 2 heterocycles. The maximum absolute atomic E-state index is 13.1. The lowest BCUT2D eigenvalue weighted by molar-refractivity contribution is -0.120. The number of ether oxygens (including phenoxy) is 1. The number of carbonyl (C=O) groups is 2. The maximum Gasteiger partial charge on any atom is 0.279 e. The second-order valence-corrected chi connectivity index (χ2v) is 8.88. The molecule has 3 N–H and O–H groups in total. The summed E-state index contributed by atoms with van der Waals surface area (Å²) in [5, 5.41) is 3.96. The Hall–Kier alpha value is -3.30. The Morgan fingerprint density at radius 2 is 1.97 bits per heavy atom. The number of anilines is 1. The van der Waals surface area contributed by atoms with Crippen LogP contribution in [0.3, 0.4) is 0 Å². The van der Waals surface area contributed by atoms with Gasteiger partial charge in [0.25, 0.3) is 11.5 Å². The van der Waals surface area contributed by atoms with E-state index in [9.17, 15) is 14.4 Å². The summed E-state index contributed by atoms with van der Waals surface area (Å²) in [6.45, 7) is -0.229. The highest BCUT2D eigenvalue weighted by molar-refractivity contribution is 7.98. The van der Waals surface area contributed by atoms with Crippen molar-refractivity contribution in [1.29, 1.82) is 0 Å². The summed E-state index contributed by atoms with van der Waals surface area (Å²) < 4.78 is 7.02. The third-order valence-corrected chi connectivity index (χ3v) is 6.73. The van der Waals surface area contributed by atoms with Crippen LogP contribution in [0.15, 0.2) is 58.5 Å². The molecule has 0 aliphatic carbocycles. The molecule has 0 spiro atoms. The third-order valence-electron chi connectivity index (χ3n) is 5.28. The third kappa shape index (κ3) is 5.04. The fraction of sp³-hybridized carbons (Fsp3) is 0.217. The van der Waals surface area contributed by atoms with E-state index >= 15 is 0 Å². The summed E-state index contributed by atoms with van der Waals surface area (Å²) >= 11 is 7.61. The van der Waals surface area contributed by atoms with Gasteiger partial charge in [-0.15, -0.1) is 0 Å². The normalized spacial score (nSPS) is 15.0. The molecule has 1 atom stereocenters. The first-order chi connectivity index (χ1) is 15.8. The number of aromatic nitrogens is 2. The Labute approximate surface area is 199 Å². The number of nitrogens with one attached hydrogen (secondary N) is 1. The van der Waals surface area contributed by atoms with E-state index in [4.69, 9.17) is 22.1 Å². The smallest absolute Gasteiger partial charge is 0.279 e. The van der Waals surface area contributed by atoms with Crippen LogP contribution in [0.4, 0.5) is 5.82 Å². The number of benzene rings is 2. The SMILES string of the molecule is Cn1c(SCc2ccccc2Cl)nc(=O)c2c1NC(=O)CC2c1ccc(OCC(N)=O)cc1. The predicted molar refractivity (Wildman–Crippen MR) is 127 cm³/mol. The van der Waals surface area contributed by atoms with Gasteiger partial charge in [-0.1, -0.05) is 53.7 Å². The number of carbonyl (C=O) groups excluding carboxylic acids is 2.